The van der Waals surface area contributed by atoms with E-state index in [4.69, 9.17) is 0 Å². The third kappa shape index (κ3) is 3.21. The second-order valence-corrected chi connectivity index (χ2v) is 6.16. The summed E-state index contributed by atoms with van der Waals surface area (Å²) in [4.78, 5) is 0. The van der Waals surface area contributed by atoms with E-state index in [1.165, 1.54) is 32.1 Å². The zero-order valence-corrected chi connectivity index (χ0v) is 11.3. The van der Waals surface area contributed by atoms with Crippen molar-refractivity contribution in [3.05, 3.63) is 0 Å². The molecule has 0 saturated heterocycles. The molecule has 90 valence electrons. The first-order chi connectivity index (χ1) is 7.01. The van der Waals surface area contributed by atoms with Gasteiger partial charge in [0.25, 0.3) is 0 Å². The van der Waals surface area contributed by atoms with E-state index in [1.54, 1.807) is 0 Å². The highest BCUT2D eigenvalue weighted by Crippen LogP contribution is 2.42. The van der Waals surface area contributed by atoms with Crippen LogP contribution in [0.25, 0.3) is 0 Å². The van der Waals surface area contributed by atoms with E-state index in [1.807, 2.05) is 0 Å². The van der Waals surface area contributed by atoms with E-state index in [2.05, 4.69) is 40.1 Å². The van der Waals surface area contributed by atoms with Crippen LogP contribution < -0.4 is 5.32 Å². The smallest absolute Gasteiger partial charge is 0.00999 e. The van der Waals surface area contributed by atoms with Crippen molar-refractivity contribution in [3.8, 4) is 0 Å². The Morgan fingerprint density at radius 2 is 1.93 bits per heavy atom. The Bertz CT molecular complexity index is 186. The van der Waals surface area contributed by atoms with Crippen LogP contribution in [0.5, 0.6) is 0 Å². The molecule has 15 heavy (non-hydrogen) atoms. The monoisotopic (exact) mass is 211 g/mol. The van der Waals surface area contributed by atoms with Crippen molar-refractivity contribution >= 4 is 0 Å². The molecule has 1 heteroatoms. The highest BCUT2D eigenvalue weighted by atomic mass is 14.9. The number of rotatable bonds is 4. The van der Waals surface area contributed by atoms with E-state index in [-0.39, 0.29) is 0 Å². The third-order valence-corrected chi connectivity index (χ3v) is 4.38. The minimum atomic E-state index is 0.516. The van der Waals surface area contributed by atoms with Crippen LogP contribution in [0.15, 0.2) is 0 Å². The molecule has 0 radical (unpaired) electrons. The summed E-state index contributed by atoms with van der Waals surface area (Å²) in [5.41, 5.74) is 0.516. The first-order valence-electron chi connectivity index (χ1n) is 6.68. The molecule has 0 amide bonds. The Morgan fingerprint density at radius 3 is 2.47 bits per heavy atom. The van der Waals surface area contributed by atoms with Gasteiger partial charge in [-0.2, -0.15) is 0 Å². The normalized spacial score (nSPS) is 33.0. The number of nitrogens with one attached hydrogen (secondary N) is 1. The van der Waals surface area contributed by atoms with Crippen LogP contribution in [0, 0.1) is 17.3 Å². The summed E-state index contributed by atoms with van der Waals surface area (Å²) < 4.78 is 0. The fourth-order valence-corrected chi connectivity index (χ4v) is 3.47. The van der Waals surface area contributed by atoms with Crippen LogP contribution >= 0.6 is 0 Å². The van der Waals surface area contributed by atoms with Crippen LogP contribution in [0.1, 0.15) is 59.8 Å². The Balaban J connectivity index is 2.66. The molecule has 0 aliphatic heterocycles. The van der Waals surface area contributed by atoms with Gasteiger partial charge >= 0.3 is 0 Å². The summed E-state index contributed by atoms with van der Waals surface area (Å²) in [6.07, 6.45) is 6.89. The van der Waals surface area contributed by atoms with Gasteiger partial charge in [0.15, 0.2) is 0 Å². The minimum absolute atomic E-state index is 0.516. The molecule has 1 saturated carbocycles. The molecule has 3 unspecified atom stereocenters. The van der Waals surface area contributed by atoms with E-state index >= 15 is 0 Å². The predicted octanol–water partition coefficient (Wildman–Crippen LogP) is 3.84. The van der Waals surface area contributed by atoms with Crippen LogP contribution in [-0.4, -0.2) is 13.1 Å². The van der Waals surface area contributed by atoms with E-state index < -0.39 is 0 Å². The number of hydrogen-bond donors (Lipinski definition) is 1. The fraction of sp³-hybridized carbons (Fsp3) is 1.00. The average Bonchev–Trinajstić information content (AvgIpc) is 2.17. The zero-order chi connectivity index (χ0) is 11.5. The molecule has 1 N–H and O–H groups in total. The van der Waals surface area contributed by atoms with Gasteiger partial charge in [-0.3, -0.25) is 0 Å². The molecule has 0 bridgehead atoms. The maximum absolute atomic E-state index is 3.55. The molecule has 3 atom stereocenters. The first-order valence-corrected chi connectivity index (χ1v) is 6.68. The first kappa shape index (κ1) is 13.0. The van der Waals surface area contributed by atoms with Gasteiger partial charge < -0.3 is 5.32 Å². The second kappa shape index (κ2) is 5.34. The lowest BCUT2D eigenvalue weighted by Gasteiger charge is -2.44. The predicted molar refractivity (Wildman–Crippen MR) is 68.0 cm³/mol. The molecule has 0 aromatic heterocycles. The summed E-state index contributed by atoms with van der Waals surface area (Å²) in [5.74, 6) is 1.79. The van der Waals surface area contributed by atoms with Crippen molar-refractivity contribution in [2.24, 2.45) is 17.3 Å². The number of hydrogen-bond acceptors (Lipinski definition) is 1. The molecule has 0 aromatic rings. The highest BCUT2D eigenvalue weighted by Gasteiger charge is 2.37. The summed E-state index contributed by atoms with van der Waals surface area (Å²) >= 11 is 0. The van der Waals surface area contributed by atoms with Crippen LogP contribution in [0.2, 0.25) is 0 Å². The Labute approximate surface area is 96.0 Å². The van der Waals surface area contributed by atoms with Crippen LogP contribution in [0.4, 0.5) is 0 Å². The fourth-order valence-electron chi connectivity index (χ4n) is 3.47. The van der Waals surface area contributed by atoms with Gasteiger partial charge in [-0.05, 0) is 43.6 Å². The maximum atomic E-state index is 3.55. The lowest BCUT2D eigenvalue weighted by molar-refractivity contribution is 0.0898. The Kier molecular flexibility index (Phi) is 4.64. The largest absolute Gasteiger partial charge is 0.317 e. The van der Waals surface area contributed by atoms with Crippen molar-refractivity contribution < 1.29 is 0 Å². The average molecular weight is 211 g/mol. The van der Waals surface area contributed by atoms with Crippen molar-refractivity contribution in [1.82, 2.24) is 5.32 Å². The van der Waals surface area contributed by atoms with Crippen molar-refractivity contribution in [1.29, 1.82) is 0 Å². The molecule has 1 fully saturated rings. The molecule has 1 aliphatic carbocycles. The van der Waals surface area contributed by atoms with Crippen molar-refractivity contribution in [2.45, 2.75) is 65.8 Å². The van der Waals surface area contributed by atoms with Gasteiger partial charge in [0.05, 0.1) is 0 Å². The van der Waals surface area contributed by atoms with Gasteiger partial charge in [0.1, 0.15) is 0 Å². The van der Waals surface area contributed by atoms with Crippen molar-refractivity contribution in [2.75, 3.05) is 7.05 Å². The minimum Gasteiger partial charge on any atom is -0.317 e. The topological polar surface area (TPSA) is 12.0 Å². The van der Waals surface area contributed by atoms with Gasteiger partial charge in [0.2, 0.25) is 0 Å². The van der Waals surface area contributed by atoms with Gasteiger partial charge in [0, 0.05) is 6.04 Å². The van der Waals surface area contributed by atoms with E-state index in [9.17, 15) is 0 Å². The molecule has 0 spiro atoms. The van der Waals surface area contributed by atoms with Crippen molar-refractivity contribution in [3.63, 3.8) is 0 Å². The lowest BCUT2D eigenvalue weighted by Crippen LogP contribution is -2.45. The SMILES string of the molecule is CCCC(C)(C)C1CCC(C)CC1NC. The van der Waals surface area contributed by atoms with Gasteiger partial charge in [-0.25, -0.2) is 0 Å². The van der Waals surface area contributed by atoms with Crippen LogP contribution in [0.3, 0.4) is 0 Å². The molecular formula is C14H29N. The van der Waals surface area contributed by atoms with Gasteiger partial charge in [-0.1, -0.05) is 40.5 Å². The third-order valence-electron chi connectivity index (χ3n) is 4.38. The molecule has 1 aliphatic rings. The standard InChI is InChI=1S/C14H29N/c1-6-9-14(3,4)12-8-7-11(2)10-13(12)15-5/h11-13,15H,6-10H2,1-5H3. The Morgan fingerprint density at radius 1 is 1.27 bits per heavy atom. The van der Waals surface area contributed by atoms with E-state index in [0.29, 0.717) is 5.41 Å². The molecule has 0 heterocycles. The maximum Gasteiger partial charge on any atom is 0.00999 e. The zero-order valence-electron chi connectivity index (χ0n) is 11.3. The summed E-state index contributed by atoms with van der Waals surface area (Å²) in [6, 6.07) is 0.746. The summed E-state index contributed by atoms with van der Waals surface area (Å²) in [7, 11) is 2.14. The molecule has 1 rings (SSSR count). The van der Waals surface area contributed by atoms with Crippen LogP contribution in [-0.2, 0) is 0 Å². The second-order valence-electron chi connectivity index (χ2n) is 6.16. The van der Waals surface area contributed by atoms with Gasteiger partial charge in [-0.15, -0.1) is 0 Å². The van der Waals surface area contributed by atoms with E-state index in [0.717, 1.165) is 17.9 Å². The quantitative estimate of drug-likeness (QED) is 0.745. The lowest BCUT2D eigenvalue weighted by atomic mass is 9.65. The summed E-state index contributed by atoms with van der Waals surface area (Å²) in [5, 5.41) is 3.55. The molecule has 0 aromatic carbocycles. The Hall–Kier alpha value is -0.0400. The highest BCUT2D eigenvalue weighted by molar-refractivity contribution is 4.91. The summed E-state index contributed by atoms with van der Waals surface area (Å²) in [6.45, 7) is 9.62. The molecular weight excluding hydrogens is 182 g/mol. The molecule has 1 nitrogen and oxygen atoms in total.